The highest BCUT2D eigenvalue weighted by atomic mass is 79.9. The highest BCUT2D eigenvalue weighted by Gasteiger charge is 2.33. The summed E-state index contributed by atoms with van der Waals surface area (Å²) in [4.78, 5) is 12.4. The zero-order chi connectivity index (χ0) is 13.9. The van der Waals surface area contributed by atoms with Crippen LogP contribution in [0.25, 0.3) is 0 Å². The van der Waals surface area contributed by atoms with Gasteiger partial charge in [-0.3, -0.25) is 4.79 Å². The second-order valence-corrected chi connectivity index (χ2v) is 5.86. The Balaban J connectivity index is 2.17. The summed E-state index contributed by atoms with van der Waals surface area (Å²) < 4.78 is 5.36. The van der Waals surface area contributed by atoms with Crippen LogP contribution in [-0.2, 0) is 4.74 Å². The molecule has 1 aliphatic heterocycles. The van der Waals surface area contributed by atoms with Gasteiger partial charge >= 0.3 is 0 Å². The van der Waals surface area contributed by atoms with Gasteiger partial charge in [0.25, 0.3) is 5.91 Å². The number of carbonyl (C=O) groups excluding carboxylic acids is 1. The third-order valence-corrected chi connectivity index (χ3v) is 5.10. The van der Waals surface area contributed by atoms with E-state index in [1.54, 1.807) is 6.07 Å². The van der Waals surface area contributed by atoms with Gasteiger partial charge in [0.1, 0.15) is 0 Å². The molecule has 0 aromatic heterocycles. The largest absolute Gasteiger partial charge is 0.381 e. The molecule has 0 unspecified atom stereocenters. The highest BCUT2D eigenvalue weighted by Crippen LogP contribution is 2.25. The summed E-state index contributed by atoms with van der Waals surface area (Å²) in [5, 5.41) is 4.36. The number of hydrogen-bond donors (Lipinski definition) is 1. The van der Waals surface area contributed by atoms with Crippen LogP contribution in [0.5, 0.6) is 0 Å². The van der Waals surface area contributed by atoms with Crippen molar-refractivity contribution in [2.24, 2.45) is 0 Å². The minimum atomic E-state index is -0.234. The van der Waals surface area contributed by atoms with E-state index in [0.717, 1.165) is 23.7 Å². The average Bonchev–Trinajstić information content (AvgIpc) is 2.42. The standard InChI is InChI=1S/C14H17BrClNO2/c1-10-3-2-4-11(12(10)16)13(18)17-14(9-15)5-7-19-8-6-14/h2-4H,5-9H2,1H3,(H,17,18). The Bertz CT molecular complexity index is 473. The molecular weight excluding hydrogens is 330 g/mol. The monoisotopic (exact) mass is 345 g/mol. The minimum Gasteiger partial charge on any atom is -0.381 e. The maximum absolute atomic E-state index is 12.4. The molecule has 1 heterocycles. The Kier molecular flexibility index (Phi) is 4.87. The number of halogens is 2. The van der Waals surface area contributed by atoms with Crippen LogP contribution >= 0.6 is 27.5 Å². The van der Waals surface area contributed by atoms with E-state index in [2.05, 4.69) is 21.2 Å². The molecule has 0 atom stereocenters. The van der Waals surface area contributed by atoms with E-state index in [1.807, 2.05) is 19.1 Å². The van der Waals surface area contributed by atoms with E-state index in [-0.39, 0.29) is 11.4 Å². The van der Waals surface area contributed by atoms with Gasteiger partial charge < -0.3 is 10.1 Å². The van der Waals surface area contributed by atoms with Crippen LogP contribution in [0.15, 0.2) is 18.2 Å². The lowest BCUT2D eigenvalue weighted by Crippen LogP contribution is -2.53. The molecule has 1 aromatic rings. The van der Waals surface area contributed by atoms with Gasteiger partial charge in [-0.25, -0.2) is 0 Å². The fourth-order valence-electron chi connectivity index (χ4n) is 2.19. The van der Waals surface area contributed by atoms with Crippen molar-refractivity contribution >= 4 is 33.4 Å². The molecule has 0 bridgehead atoms. The van der Waals surface area contributed by atoms with Crippen molar-refractivity contribution in [2.45, 2.75) is 25.3 Å². The molecule has 1 amide bonds. The number of nitrogens with one attached hydrogen (secondary N) is 1. The normalized spacial score (nSPS) is 18.1. The van der Waals surface area contributed by atoms with Crippen molar-refractivity contribution in [3.8, 4) is 0 Å². The van der Waals surface area contributed by atoms with E-state index in [0.29, 0.717) is 23.8 Å². The molecule has 5 heteroatoms. The first-order chi connectivity index (χ1) is 9.08. The van der Waals surface area contributed by atoms with Crippen LogP contribution in [0.4, 0.5) is 0 Å². The number of hydrogen-bond acceptors (Lipinski definition) is 2. The molecule has 0 saturated carbocycles. The molecule has 1 aliphatic rings. The quantitative estimate of drug-likeness (QED) is 0.853. The Morgan fingerprint density at radius 2 is 2.16 bits per heavy atom. The molecule has 1 N–H and O–H groups in total. The Labute approximate surface area is 126 Å². The lowest BCUT2D eigenvalue weighted by Gasteiger charge is -2.36. The van der Waals surface area contributed by atoms with E-state index >= 15 is 0 Å². The predicted octanol–water partition coefficient (Wildman–Crippen LogP) is 3.32. The summed E-state index contributed by atoms with van der Waals surface area (Å²) in [6, 6.07) is 5.50. The number of carbonyl (C=O) groups is 1. The number of amides is 1. The number of rotatable bonds is 3. The molecule has 1 saturated heterocycles. The number of aryl methyl sites for hydroxylation is 1. The fraction of sp³-hybridized carbons (Fsp3) is 0.500. The molecular formula is C14H17BrClNO2. The Hall–Kier alpha value is -0.580. The molecule has 1 aromatic carbocycles. The highest BCUT2D eigenvalue weighted by molar-refractivity contribution is 9.09. The first kappa shape index (κ1) is 14.8. The van der Waals surface area contributed by atoms with Gasteiger partial charge in [-0.05, 0) is 31.4 Å². The first-order valence-corrected chi connectivity index (χ1v) is 7.79. The lowest BCUT2D eigenvalue weighted by atomic mass is 9.92. The van der Waals surface area contributed by atoms with Crippen LogP contribution in [0.2, 0.25) is 5.02 Å². The molecule has 0 radical (unpaired) electrons. The SMILES string of the molecule is Cc1cccc(C(=O)NC2(CBr)CCOCC2)c1Cl. The average molecular weight is 347 g/mol. The molecule has 19 heavy (non-hydrogen) atoms. The molecule has 0 spiro atoms. The number of ether oxygens (including phenoxy) is 1. The first-order valence-electron chi connectivity index (χ1n) is 6.29. The van der Waals surface area contributed by atoms with Crippen LogP contribution in [0, 0.1) is 6.92 Å². The third kappa shape index (κ3) is 3.30. The van der Waals surface area contributed by atoms with Crippen molar-refractivity contribution < 1.29 is 9.53 Å². The summed E-state index contributed by atoms with van der Waals surface area (Å²) in [7, 11) is 0. The number of alkyl halides is 1. The second-order valence-electron chi connectivity index (χ2n) is 4.92. The topological polar surface area (TPSA) is 38.3 Å². The molecule has 104 valence electrons. The van der Waals surface area contributed by atoms with Gasteiger partial charge in [0, 0.05) is 18.5 Å². The van der Waals surface area contributed by atoms with Crippen LogP contribution < -0.4 is 5.32 Å². The van der Waals surface area contributed by atoms with Gasteiger partial charge in [0.15, 0.2) is 0 Å². The third-order valence-electron chi connectivity index (χ3n) is 3.52. The zero-order valence-electron chi connectivity index (χ0n) is 10.8. The van der Waals surface area contributed by atoms with Crippen molar-refractivity contribution in [3.05, 3.63) is 34.3 Å². The van der Waals surface area contributed by atoms with Gasteiger partial charge in [-0.15, -0.1) is 0 Å². The van der Waals surface area contributed by atoms with E-state index in [4.69, 9.17) is 16.3 Å². The van der Waals surface area contributed by atoms with Crippen molar-refractivity contribution in [1.29, 1.82) is 0 Å². The van der Waals surface area contributed by atoms with Crippen LogP contribution in [0.1, 0.15) is 28.8 Å². The minimum absolute atomic E-state index is 0.116. The van der Waals surface area contributed by atoms with Crippen molar-refractivity contribution in [1.82, 2.24) is 5.32 Å². The van der Waals surface area contributed by atoms with E-state index < -0.39 is 0 Å². The second kappa shape index (κ2) is 6.25. The summed E-state index contributed by atoms with van der Waals surface area (Å²) in [5.41, 5.74) is 1.21. The Morgan fingerprint density at radius 1 is 1.47 bits per heavy atom. The van der Waals surface area contributed by atoms with Crippen LogP contribution in [-0.4, -0.2) is 30.0 Å². The summed E-state index contributed by atoms with van der Waals surface area (Å²) in [5.74, 6) is -0.116. The summed E-state index contributed by atoms with van der Waals surface area (Å²) in [6.45, 7) is 3.24. The van der Waals surface area contributed by atoms with Gasteiger partial charge in [-0.1, -0.05) is 39.7 Å². The fourth-order valence-corrected chi connectivity index (χ4v) is 3.10. The zero-order valence-corrected chi connectivity index (χ0v) is 13.2. The van der Waals surface area contributed by atoms with Gasteiger partial charge in [-0.2, -0.15) is 0 Å². The molecule has 1 fully saturated rings. The molecule has 3 nitrogen and oxygen atoms in total. The maximum Gasteiger partial charge on any atom is 0.253 e. The predicted molar refractivity (Wildman–Crippen MR) is 80.2 cm³/mol. The van der Waals surface area contributed by atoms with E-state index in [1.165, 1.54) is 0 Å². The van der Waals surface area contributed by atoms with Crippen molar-refractivity contribution in [3.63, 3.8) is 0 Å². The van der Waals surface area contributed by atoms with Gasteiger partial charge in [0.05, 0.1) is 16.1 Å². The molecule has 0 aliphatic carbocycles. The van der Waals surface area contributed by atoms with Crippen LogP contribution in [0.3, 0.4) is 0 Å². The van der Waals surface area contributed by atoms with Crippen molar-refractivity contribution in [2.75, 3.05) is 18.5 Å². The smallest absolute Gasteiger partial charge is 0.253 e. The Morgan fingerprint density at radius 3 is 2.79 bits per heavy atom. The summed E-state index contributed by atoms with van der Waals surface area (Å²) >= 11 is 9.70. The maximum atomic E-state index is 12.4. The lowest BCUT2D eigenvalue weighted by molar-refractivity contribution is 0.0442. The van der Waals surface area contributed by atoms with Gasteiger partial charge in [0.2, 0.25) is 0 Å². The molecule has 2 rings (SSSR count). The number of benzene rings is 1. The van der Waals surface area contributed by atoms with E-state index in [9.17, 15) is 4.79 Å². The summed E-state index contributed by atoms with van der Waals surface area (Å²) in [6.07, 6.45) is 1.63.